The van der Waals surface area contributed by atoms with Crippen LogP contribution in [0, 0.1) is 5.82 Å². The van der Waals surface area contributed by atoms with E-state index in [9.17, 15) is 14.0 Å². The van der Waals surface area contributed by atoms with Crippen LogP contribution >= 0.6 is 23.4 Å². The van der Waals surface area contributed by atoms with Crippen LogP contribution in [0.1, 0.15) is 0 Å². The Morgan fingerprint density at radius 3 is 2.59 bits per heavy atom. The second kappa shape index (κ2) is 8.88. The molecule has 0 unspecified atom stereocenters. The van der Waals surface area contributed by atoms with Gasteiger partial charge in [0.2, 0.25) is 0 Å². The molecule has 0 spiro atoms. The van der Waals surface area contributed by atoms with Gasteiger partial charge in [0, 0.05) is 4.90 Å². The maximum atomic E-state index is 13.0. The van der Waals surface area contributed by atoms with Gasteiger partial charge in [-0.25, -0.2) is 4.39 Å². The zero-order valence-electron chi connectivity index (χ0n) is 14.1. The normalized spacial score (nSPS) is 10.6. The predicted molar refractivity (Wildman–Crippen MR) is 106 cm³/mol. The van der Waals surface area contributed by atoms with Crippen molar-refractivity contribution in [2.45, 2.75) is 4.90 Å². The number of benzene rings is 3. The number of hydrogen-bond acceptors (Lipinski definition) is 4. The fourth-order valence-electron chi connectivity index (χ4n) is 2.36. The number of carbonyl (C=O) groups is 2. The Kier molecular flexibility index (Phi) is 6.32. The van der Waals surface area contributed by atoms with Crippen molar-refractivity contribution < 1.29 is 18.7 Å². The number of nitrogens with one attached hydrogen (secondary N) is 1. The topological polar surface area (TPSA) is 55.4 Å². The Labute approximate surface area is 164 Å². The first-order valence-corrected chi connectivity index (χ1v) is 9.40. The van der Waals surface area contributed by atoms with E-state index < -0.39 is 24.3 Å². The molecular formula is C20H15ClFNO3S. The summed E-state index contributed by atoms with van der Waals surface area (Å²) < 4.78 is 17.9. The first-order valence-electron chi connectivity index (χ1n) is 8.03. The molecule has 0 aliphatic carbocycles. The van der Waals surface area contributed by atoms with Gasteiger partial charge in [0.15, 0.2) is 6.61 Å². The van der Waals surface area contributed by atoms with E-state index in [2.05, 4.69) is 5.32 Å². The summed E-state index contributed by atoms with van der Waals surface area (Å²) in [5, 5.41) is 4.75. The molecule has 1 N–H and O–H groups in total. The van der Waals surface area contributed by atoms with Gasteiger partial charge in [-0.2, -0.15) is 0 Å². The van der Waals surface area contributed by atoms with Gasteiger partial charge in [0.05, 0.1) is 16.5 Å². The minimum atomic E-state index is -0.549. The van der Waals surface area contributed by atoms with E-state index in [4.69, 9.17) is 16.3 Å². The average Bonchev–Trinajstić information content (AvgIpc) is 2.67. The Hall–Kier alpha value is -2.57. The minimum Gasteiger partial charge on any atom is -0.455 e. The van der Waals surface area contributed by atoms with Gasteiger partial charge in [-0.1, -0.05) is 41.9 Å². The number of rotatable bonds is 6. The highest BCUT2D eigenvalue weighted by Gasteiger charge is 2.11. The Morgan fingerprint density at radius 1 is 1.04 bits per heavy atom. The number of carbonyl (C=O) groups excluding carboxylic acids is 2. The van der Waals surface area contributed by atoms with Gasteiger partial charge in [-0.15, -0.1) is 11.8 Å². The molecule has 3 aromatic carbocycles. The third kappa shape index (κ3) is 5.45. The third-order valence-electron chi connectivity index (χ3n) is 3.65. The van der Waals surface area contributed by atoms with E-state index in [1.54, 1.807) is 0 Å². The molecule has 0 heterocycles. The molecule has 0 saturated heterocycles. The average molecular weight is 404 g/mol. The van der Waals surface area contributed by atoms with Crippen molar-refractivity contribution in [2.24, 2.45) is 0 Å². The first kappa shape index (κ1) is 19.2. The van der Waals surface area contributed by atoms with Crippen LogP contribution in [-0.4, -0.2) is 24.2 Å². The summed E-state index contributed by atoms with van der Waals surface area (Å²) in [6, 6.07) is 17.5. The fourth-order valence-corrected chi connectivity index (χ4v) is 3.32. The quantitative estimate of drug-likeness (QED) is 0.469. The van der Waals surface area contributed by atoms with E-state index in [1.807, 2.05) is 42.5 Å². The van der Waals surface area contributed by atoms with Crippen LogP contribution in [0.15, 0.2) is 65.6 Å². The van der Waals surface area contributed by atoms with Gasteiger partial charge in [0.1, 0.15) is 5.82 Å². The number of halogens is 2. The summed E-state index contributed by atoms with van der Waals surface area (Å²) in [7, 11) is 0. The van der Waals surface area contributed by atoms with E-state index in [0.717, 1.165) is 21.7 Å². The molecule has 7 heteroatoms. The van der Waals surface area contributed by atoms with Crippen molar-refractivity contribution >= 4 is 51.7 Å². The van der Waals surface area contributed by atoms with Crippen LogP contribution in [0.25, 0.3) is 10.8 Å². The Balaban J connectivity index is 1.46. The van der Waals surface area contributed by atoms with Crippen LogP contribution in [0.5, 0.6) is 0 Å². The lowest BCUT2D eigenvalue weighted by Gasteiger charge is -2.08. The maximum absolute atomic E-state index is 13.0. The summed E-state index contributed by atoms with van der Waals surface area (Å²) in [4.78, 5) is 24.6. The maximum Gasteiger partial charge on any atom is 0.316 e. The number of anilines is 1. The number of esters is 1. The van der Waals surface area contributed by atoms with Crippen LogP contribution in [0.4, 0.5) is 10.1 Å². The predicted octanol–water partition coefficient (Wildman–Crippen LogP) is 4.91. The highest BCUT2D eigenvalue weighted by molar-refractivity contribution is 8.00. The van der Waals surface area contributed by atoms with Gasteiger partial charge in [-0.05, 0) is 41.1 Å². The minimum absolute atomic E-state index is 0.0709. The Bertz CT molecular complexity index is 996. The fraction of sp³-hybridized carbons (Fsp3) is 0.100. The second-order valence-corrected chi connectivity index (χ2v) is 7.09. The van der Waals surface area contributed by atoms with Crippen molar-refractivity contribution in [3.63, 3.8) is 0 Å². The van der Waals surface area contributed by atoms with Gasteiger partial charge >= 0.3 is 5.97 Å². The molecule has 138 valence electrons. The number of hydrogen-bond donors (Lipinski definition) is 1. The molecule has 0 bridgehead atoms. The molecule has 3 aromatic rings. The molecule has 4 nitrogen and oxygen atoms in total. The lowest BCUT2D eigenvalue weighted by atomic mass is 10.1. The van der Waals surface area contributed by atoms with Crippen molar-refractivity contribution in [1.29, 1.82) is 0 Å². The lowest BCUT2D eigenvalue weighted by Crippen LogP contribution is -2.21. The second-order valence-electron chi connectivity index (χ2n) is 5.63. The summed E-state index contributed by atoms with van der Waals surface area (Å²) in [5.74, 6) is -1.47. The van der Waals surface area contributed by atoms with E-state index in [1.165, 1.54) is 23.9 Å². The SMILES string of the molecule is O=C(COC(=O)CSc1ccc2ccccc2c1)Nc1ccc(F)cc1Cl. The first-order chi connectivity index (χ1) is 13.0. The van der Waals surface area contributed by atoms with Crippen molar-refractivity contribution in [3.8, 4) is 0 Å². The van der Waals surface area contributed by atoms with E-state index in [0.29, 0.717) is 0 Å². The van der Waals surface area contributed by atoms with Crippen LogP contribution in [0.2, 0.25) is 5.02 Å². The third-order valence-corrected chi connectivity index (χ3v) is 4.93. The van der Waals surface area contributed by atoms with Gasteiger partial charge in [-0.3, -0.25) is 9.59 Å². The van der Waals surface area contributed by atoms with Crippen molar-refractivity contribution in [3.05, 3.63) is 71.5 Å². The van der Waals surface area contributed by atoms with Crippen molar-refractivity contribution in [1.82, 2.24) is 0 Å². The zero-order valence-corrected chi connectivity index (χ0v) is 15.6. The zero-order chi connectivity index (χ0) is 19.2. The number of fused-ring (bicyclic) bond motifs is 1. The molecule has 3 rings (SSSR count). The highest BCUT2D eigenvalue weighted by atomic mass is 35.5. The molecule has 0 aliphatic rings. The summed E-state index contributed by atoms with van der Waals surface area (Å²) in [6.45, 7) is -0.440. The molecule has 0 aliphatic heterocycles. The van der Waals surface area contributed by atoms with Gasteiger partial charge < -0.3 is 10.1 Å². The molecule has 0 saturated carbocycles. The molecule has 0 radical (unpaired) electrons. The lowest BCUT2D eigenvalue weighted by molar-refractivity contribution is -0.144. The molecule has 0 fully saturated rings. The summed E-state index contributed by atoms with van der Waals surface area (Å²) >= 11 is 7.16. The van der Waals surface area contributed by atoms with E-state index in [-0.39, 0.29) is 16.5 Å². The smallest absolute Gasteiger partial charge is 0.316 e. The molecule has 0 atom stereocenters. The molecule has 1 amide bonds. The molecule has 27 heavy (non-hydrogen) atoms. The Morgan fingerprint density at radius 2 is 1.81 bits per heavy atom. The van der Waals surface area contributed by atoms with Crippen LogP contribution < -0.4 is 5.32 Å². The highest BCUT2D eigenvalue weighted by Crippen LogP contribution is 2.24. The summed E-state index contributed by atoms with van der Waals surface area (Å²) in [5.41, 5.74) is 0.254. The van der Waals surface area contributed by atoms with Crippen LogP contribution in [0.3, 0.4) is 0 Å². The summed E-state index contributed by atoms with van der Waals surface area (Å²) in [6.07, 6.45) is 0. The molecule has 0 aromatic heterocycles. The standard InChI is InChI=1S/C20H15ClFNO3S/c21-17-10-15(22)6-8-18(17)23-19(24)11-26-20(25)12-27-16-7-5-13-3-1-2-4-14(13)9-16/h1-10H,11-12H2,(H,23,24). The van der Waals surface area contributed by atoms with Crippen molar-refractivity contribution in [2.75, 3.05) is 17.7 Å². The number of amides is 1. The molecular weight excluding hydrogens is 389 g/mol. The monoisotopic (exact) mass is 403 g/mol. The largest absolute Gasteiger partial charge is 0.455 e. The number of ether oxygens (including phenoxy) is 1. The number of thioether (sulfide) groups is 1. The van der Waals surface area contributed by atoms with Crippen LogP contribution in [-0.2, 0) is 14.3 Å². The van der Waals surface area contributed by atoms with E-state index >= 15 is 0 Å². The van der Waals surface area contributed by atoms with Gasteiger partial charge in [0.25, 0.3) is 5.91 Å².